The van der Waals surface area contributed by atoms with E-state index in [-0.39, 0.29) is 6.04 Å². The van der Waals surface area contributed by atoms with Gasteiger partial charge >= 0.3 is 0 Å². The van der Waals surface area contributed by atoms with E-state index in [1.165, 1.54) is 5.56 Å². The molecule has 0 radical (unpaired) electrons. The van der Waals surface area contributed by atoms with E-state index in [0.29, 0.717) is 12.6 Å². The fraction of sp³-hybridized carbons (Fsp3) is 0.333. The molecule has 21 heavy (non-hydrogen) atoms. The standard InChI is InChI=1S/C18H24N2O/c1-14(2)20(3)18(13-19)15-8-7-11-17(12-15)21-16-9-5-4-6-10-16/h4-12,14,18H,13,19H2,1-3H3. The zero-order valence-corrected chi connectivity index (χ0v) is 13.0. The van der Waals surface area contributed by atoms with Gasteiger partial charge in [-0.3, -0.25) is 4.90 Å². The summed E-state index contributed by atoms with van der Waals surface area (Å²) in [5.41, 5.74) is 7.15. The van der Waals surface area contributed by atoms with E-state index in [1.807, 2.05) is 42.5 Å². The van der Waals surface area contributed by atoms with Crippen LogP contribution in [0.1, 0.15) is 25.5 Å². The molecule has 1 atom stereocenters. The van der Waals surface area contributed by atoms with E-state index in [1.54, 1.807) is 0 Å². The quantitative estimate of drug-likeness (QED) is 0.876. The Balaban J connectivity index is 2.20. The minimum absolute atomic E-state index is 0.198. The molecule has 2 rings (SSSR count). The van der Waals surface area contributed by atoms with Crippen LogP contribution in [0.4, 0.5) is 0 Å². The molecular weight excluding hydrogens is 260 g/mol. The van der Waals surface area contributed by atoms with Crippen molar-refractivity contribution in [3.8, 4) is 11.5 Å². The van der Waals surface area contributed by atoms with Gasteiger partial charge in [0.05, 0.1) is 0 Å². The zero-order valence-electron chi connectivity index (χ0n) is 13.0. The Morgan fingerprint density at radius 1 is 1.00 bits per heavy atom. The number of ether oxygens (including phenoxy) is 1. The van der Waals surface area contributed by atoms with Crippen molar-refractivity contribution in [2.75, 3.05) is 13.6 Å². The van der Waals surface area contributed by atoms with Crippen LogP contribution >= 0.6 is 0 Å². The summed E-state index contributed by atoms with van der Waals surface area (Å²) in [6.07, 6.45) is 0. The maximum Gasteiger partial charge on any atom is 0.127 e. The van der Waals surface area contributed by atoms with Crippen molar-refractivity contribution >= 4 is 0 Å². The fourth-order valence-electron chi connectivity index (χ4n) is 2.31. The average Bonchev–Trinajstić information content (AvgIpc) is 2.49. The van der Waals surface area contributed by atoms with Crippen LogP contribution in [0.5, 0.6) is 11.5 Å². The lowest BCUT2D eigenvalue weighted by Crippen LogP contribution is -2.35. The average molecular weight is 284 g/mol. The molecular formula is C18H24N2O. The predicted molar refractivity (Wildman–Crippen MR) is 87.7 cm³/mol. The van der Waals surface area contributed by atoms with E-state index < -0.39 is 0 Å². The highest BCUT2D eigenvalue weighted by Crippen LogP contribution is 2.27. The molecule has 112 valence electrons. The number of rotatable bonds is 6. The van der Waals surface area contributed by atoms with Crippen LogP contribution in [0, 0.1) is 0 Å². The first-order chi connectivity index (χ1) is 10.1. The second-order valence-electron chi connectivity index (χ2n) is 5.50. The second-order valence-corrected chi connectivity index (χ2v) is 5.50. The molecule has 3 heteroatoms. The topological polar surface area (TPSA) is 38.5 Å². The minimum atomic E-state index is 0.198. The number of benzene rings is 2. The SMILES string of the molecule is CC(C)N(C)C(CN)c1cccc(Oc2ccccc2)c1. The normalized spacial score (nSPS) is 12.7. The van der Waals surface area contributed by atoms with Crippen molar-refractivity contribution in [2.45, 2.75) is 25.9 Å². The number of hydrogen-bond acceptors (Lipinski definition) is 3. The lowest BCUT2D eigenvalue weighted by atomic mass is 10.0. The number of para-hydroxylation sites is 1. The molecule has 1 unspecified atom stereocenters. The zero-order chi connectivity index (χ0) is 15.2. The first-order valence-corrected chi connectivity index (χ1v) is 7.36. The summed E-state index contributed by atoms with van der Waals surface area (Å²) >= 11 is 0. The lowest BCUT2D eigenvalue weighted by Gasteiger charge is -2.31. The summed E-state index contributed by atoms with van der Waals surface area (Å²) < 4.78 is 5.89. The first-order valence-electron chi connectivity index (χ1n) is 7.36. The van der Waals surface area contributed by atoms with Crippen LogP contribution in [-0.2, 0) is 0 Å². The second kappa shape index (κ2) is 7.25. The summed E-state index contributed by atoms with van der Waals surface area (Å²) in [6.45, 7) is 4.93. The maximum absolute atomic E-state index is 5.96. The summed E-state index contributed by atoms with van der Waals surface area (Å²) in [5, 5.41) is 0. The number of likely N-dealkylation sites (N-methyl/N-ethyl adjacent to an activating group) is 1. The summed E-state index contributed by atoms with van der Waals surface area (Å²) in [4.78, 5) is 2.28. The molecule has 0 fully saturated rings. The van der Waals surface area contributed by atoms with Crippen LogP contribution in [0.25, 0.3) is 0 Å². The van der Waals surface area contributed by atoms with Crippen molar-refractivity contribution in [1.82, 2.24) is 4.90 Å². The number of hydrogen-bond donors (Lipinski definition) is 1. The third-order valence-corrected chi connectivity index (χ3v) is 3.75. The molecule has 0 amide bonds. The lowest BCUT2D eigenvalue weighted by molar-refractivity contribution is 0.201. The van der Waals surface area contributed by atoms with Crippen LogP contribution in [0.3, 0.4) is 0 Å². The van der Waals surface area contributed by atoms with E-state index in [0.717, 1.165) is 11.5 Å². The predicted octanol–water partition coefficient (Wildman–Crippen LogP) is 3.82. The van der Waals surface area contributed by atoms with Gasteiger partial charge in [-0.1, -0.05) is 30.3 Å². The molecule has 0 saturated carbocycles. The monoisotopic (exact) mass is 284 g/mol. The fourth-order valence-corrected chi connectivity index (χ4v) is 2.31. The smallest absolute Gasteiger partial charge is 0.127 e. The Morgan fingerprint density at radius 2 is 1.67 bits per heavy atom. The summed E-state index contributed by atoms with van der Waals surface area (Å²) in [5.74, 6) is 1.69. The molecule has 0 aliphatic carbocycles. The highest BCUT2D eigenvalue weighted by atomic mass is 16.5. The summed E-state index contributed by atoms with van der Waals surface area (Å²) in [7, 11) is 2.10. The number of nitrogens with two attached hydrogens (primary N) is 1. The Hall–Kier alpha value is -1.84. The Labute approximate surface area is 127 Å². The van der Waals surface area contributed by atoms with Gasteiger partial charge in [0.15, 0.2) is 0 Å². The maximum atomic E-state index is 5.96. The molecule has 2 N–H and O–H groups in total. The van der Waals surface area contributed by atoms with Crippen molar-refractivity contribution in [2.24, 2.45) is 5.73 Å². The molecule has 2 aromatic carbocycles. The van der Waals surface area contributed by atoms with Gasteiger partial charge in [0, 0.05) is 18.6 Å². The van der Waals surface area contributed by atoms with E-state index in [4.69, 9.17) is 10.5 Å². The third-order valence-electron chi connectivity index (χ3n) is 3.75. The van der Waals surface area contributed by atoms with Gasteiger partial charge in [-0.25, -0.2) is 0 Å². The Morgan fingerprint density at radius 3 is 2.29 bits per heavy atom. The van der Waals surface area contributed by atoms with Crippen molar-refractivity contribution in [3.63, 3.8) is 0 Å². The minimum Gasteiger partial charge on any atom is -0.457 e. The highest BCUT2D eigenvalue weighted by Gasteiger charge is 2.18. The van der Waals surface area contributed by atoms with Crippen LogP contribution in [0.2, 0.25) is 0 Å². The van der Waals surface area contributed by atoms with Gasteiger partial charge in [0.2, 0.25) is 0 Å². The van der Waals surface area contributed by atoms with E-state index >= 15 is 0 Å². The van der Waals surface area contributed by atoms with Gasteiger partial charge < -0.3 is 10.5 Å². The van der Waals surface area contributed by atoms with Crippen molar-refractivity contribution in [3.05, 3.63) is 60.2 Å². The Kier molecular flexibility index (Phi) is 5.37. The molecule has 0 heterocycles. The molecule has 3 nitrogen and oxygen atoms in total. The molecule has 2 aromatic rings. The molecule has 0 aliphatic heterocycles. The van der Waals surface area contributed by atoms with E-state index in [2.05, 4.69) is 37.9 Å². The van der Waals surface area contributed by atoms with Gasteiger partial charge in [-0.05, 0) is 50.7 Å². The highest BCUT2D eigenvalue weighted by molar-refractivity contribution is 5.35. The largest absolute Gasteiger partial charge is 0.457 e. The molecule has 0 saturated heterocycles. The number of nitrogens with zero attached hydrogens (tertiary/aromatic N) is 1. The van der Waals surface area contributed by atoms with Crippen LogP contribution in [-0.4, -0.2) is 24.5 Å². The van der Waals surface area contributed by atoms with Gasteiger partial charge in [-0.2, -0.15) is 0 Å². The molecule has 0 aliphatic rings. The van der Waals surface area contributed by atoms with Crippen LogP contribution < -0.4 is 10.5 Å². The molecule has 0 aromatic heterocycles. The van der Waals surface area contributed by atoms with Crippen molar-refractivity contribution in [1.29, 1.82) is 0 Å². The third kappa shape index (κ3) is 4.06. The van der Waals surface area contributed by atoms with E-state index in [9.17, 15) is 0 Å². The van der Waals surface area contributed by atoms with Crippen LogP contribution in [0.15, 0.2) is 54.6 Å². The van der Waals surface area contributed by atoms with Crippen molar-refractivity contribution < 1.29 is 4.74 Å². The first kappa shape index (κ1) is 15.5. The van der Waals surface area contributed by atoms with Gasteiger partial charge in [0.25, 0.3) is 0 Å². The van der Waals surface area contributed by atoms with Gasteiger partial charge in [0.1, 0.15) is 11.5 Å². The Bertz CT molecular complexity index is 554. The molecule has 0 spiro atoms. The summed E-state index contributed by atoms with van der Waals surface area (Å²) in [6, 6.07) is 18.6. The van der Waals surface area contributed by atoms with Gasteiger partial charge in [-0.15, -0.1) is 0 Å². The molecule has 0 bridgehead atoms.